The molecular formula is C15H25N3S. The van der Waals surface area contributed by atoms with Gasteiger partial charge in [-0.15, -0.1) is 11.3 Å². The van der Waals surface area contributed by atoms with Crippen LogP contribution < -0.4 is 5.73 Å². The minimum Gasteiger partial charge on any atom is -0.328 e. The zero-order valence-corrected chi connectivity index (χ0v) is 13.0. The van der Waals surface area contributed by atoms with Crippen molar-refractivity contribution in [2.24, 2.45) is 5.73 Å². The zero-order chi connectivity index (χ0) is 13.6. The summed E-state index contributed by atoms with van der Waals surface area (Å²) in [6, 6.07) is 2.32. The lowest BCUT2D eigenvalue weighted by atomic mass is 9.81. The summed E-state index contributed by atoms with van der Waals surface area (Å²) < 4.78 is 0. The van der Waals surface area contributed by atoms with E-state index in [9.17, 15) is 0 Å². The molecule has 0 saturated carbocycles. The largest absolute Gasteiger partial charge is 0.328 e. The van der Waals surface area contributed by atoms with Crippen LogP contribution in [0, 0.1) is 13.8 Å². The van der Waals surface area contributed by atoms with Crippen molar-refractivity contribution >= 4 is 11.3 Å². The third-order valence-electron chi connectivity index (χ3n) is 4.83. The molecule has 3 nitrogen and oxygen atoms in total. The van der Waals surface area contributed by atoms with E-state index in [1.807, 2.05) is 11.3 Å². The van der Waals surface area contributed by atoms with Gasteiger partial charge in [0.25, 0.3) is 0 Å². The fraction of sp³-hybridized carbons (Fsp3) is 0.800. The Kier molecular flexibility index (Phi) is 3.67. The number of thiazole rings is 1. The fourth-order valence-corrected chi connectivity index (χ4v) is 5.15. The van der Waals surface area contributed by atoms with Gasteiger partial charge in [-0.25, -0.2) is 4.98 Å². The van der Waals surface area contributed by atoms with Gasteiger partial charge in [-0.2, -0.15) is 0 Å². The predicted molar refractivity (Wildman–Crippen MR) is 80.5 cm³/mol. The lowest BCUT2D eigenvalue weighted by Crippen LogP contribution is -2.55. The van der Waals surface area contributed by atoms with Crippen LogP contribution in [0.4, 0.5) is 0 Å². The van der Waals surface area contributed by atoms with Gasteiger partial charge in [-0.3, -0.25) is 4.90 Å². The molecule has 0 spiro atoms. The minimum atomic E-state index is 0.419. The van der Waals surface area contributed by atoms with Crippen LogP contribution in [0.15, 0.2) is 0 Å². The van der Waals surface area contributed by atoms with E-state index in [4.69, 9.17) is 5.73 Å². The Morgan fingerprint density at radius 3 is 2.42 bits per heavy atom. The molecule has 19 heavy (non-hydrogen) atoms. The van der Waals surface area contributed by atoms with Gasteiger partial charge in [0.15, 0.2) is 0 Å². The highest BCUT2D eigenvalue weighted by Gasteiger charge is 2.40. The molecule has 2 aliphatic rings. The number of hydrogen-bond acceptors (Lipinski definition) is 4. The average molecular weight is 279 g/mol. The topological polar surface area (TPSA) is 42.2 Å². The molecule has 0 radical (unpaired) electrons. The third kappa shape index (κ3) is 2.46. The van der Waals surface area contributed by atoms with Gasteiger partial charge in [0.05, 0.1) is 10.7 Å². The first-order chi connectivity index (χ1) is 9.06. The van der Waals surface area contributed by atoms with E-state index in [1.165, 1.54) is 47.7 Å². The van der Waals surface area contributed by atoms with Crippen molar-refractivity contribution in [3.05, 3.63) is 15.6 Å². The van der Waals surface area contributed by atoms with Crippen LogP contribution >= 0.6 is 11.3 Å². The summed E-state index contributed by atoms with van der Waals surface area (Å²) in [5.41, 5.74) is 7.45. The average Bonchev–Trinajstić information content (AvgIpc) is 2.66. The van der Waals surface area contributed by atoms with Crippen molar-refractivity contribution in [1.29, 1.82) is 0 Å². The first-order valence-corrected chi connectivity index (χ1v) is 8.35. The molecule has 0 aliphatic carbocycles. The Balaban J connectivity index is 1.86. The molecule has 1 aromatic heterocycles. The molecule has 3 atom stereocenters. The maximum absolute atomic E-state index is 6.22. The molecule has 0 aromatic carbocycles. The maximum atomic E-state index is 6.22. The van der Waals surface area contributed by atoms with Gasteiger partial charge in [0.1, 0.15) is 0 Å². The smallest absolute Gasteiger partial charge is 0.0900 e. The molecule has 4 heteroatoms. The van der Waals surface area contributed by atoms with Crippen LogP contribution in [0.25, 0.3) is 0 Å². The minimum absolute atomic E-state index is 0.419. The quantitative estimate of drug-likeness (QED) is 0.904. The SMILES string of the molecule is Cc1nc(C)c(C(C)N2C3CCCC2CC(N)C3)s1. The fourth-order valence-electron chi connectivity index (χ4n) is 4.16. The number of fused-ring (bicyclic) bond motifs is 2. The summed E-state index contributed by atoms with van der Waals surface area (Å²) in [4.78, 5) is 8.82. The molecule has 1 aromatic rings. The van der Waals surface area contributed by atoms with E-state index in [-0.39, 0.29) is 0 Å². The molecule has 3 heterocycles. The zero-order valence-electron chi connectivity index (χ0n) is 12.2. The van der Waals surface area contributed by atoms with Crippen molar-refractivity contribution in [2.75, 3.05) is 0 Å². The highest BCUT2D eigenvalue weighted by Crippen LogP contribution is 2.41. The summed E-state index contributed by atoms with van der Waals surface area (Å²) in [6.07, 6.45) is 6.39. The molecule has 2 bridgehead atoms. The number of aryl methyl sites for hydroxylation is 2. The Morgan fingerprint density at radius 1 is 1.26 bits per heavy atom. The summed E-state index contributed by atoms with van der Waals surface area (Å²) in [6.45, 7) is 6.63. The predicted octanol–water partition coefficient (Wildman–Crippen LogP) is 3.17. The van der Waals surface area contributed by atoms with Crippen LogP contribution in [-0.2, 0) is 0 Å². The Hall–Kier alpha value is -0.450. The molecule has 2 aliphatic heterocycles. The Morgan fingerprint density at radius 2 is 1.89 bits per heavy atom. The van der Waals surface area contributed by atoms with Crippen LogP contribution in [0.2, 0.25) is 0 Å². The van der Waals surface area contributed by atoms with Gasteiger partial charge >= 0.3 is 0 Å². The van der Waals surface area contributed by atoms with Crippen molar-refractivity contribution in [1.82, 2.24) is 9.88 Å². The van der Waals surface area contributed by atoms with Gasteiger partial charge in [0.2, 0.25) is 0 Å². The van der Waals surface area contributed by atoms with Crippen molar-refractivity contribution in [3.63, 3.8) is 0 Å². The first-order valence-electron chi connectivity index (χ1n) is 7.53. The van der Waals surface area contributed by atoms with Crippen LogP contribution in [-0.4, -0.2) is 28.0 Å². The summed E-state index contributed by atoms with van der Waals surface area (Å²) >= 11 is 1.87. The summed E-state index contributed by atoms with van der Waals surface area (Å²) in [7, 11) is 0. The van der Waals surface area contributed by atoms with Gasteiger partial charge in [-0.05, 0) is 46.5 Å². The van der Waals surface area contributed by atoms with Gasteiger partial charge < -0.3 is 5.73 Å². The van der Waals surface area contributed by atoms with Crippen molar-refractivity contribution < 1.29 is 0 Å². The third-order valence-corrected chi connectivity index (χ3v) is 6.08. The van der Waals surface area contributed by atoms with Gasteiger partial charge in [-0.1, -0.05) is 6.42 Å². The maximum Gasteiger partial charge on any atom is 0.0900 e. The van der Waals surface area contributed by atoms with E-state index < -0.39 is 0 Å². The van der Waals surface area contributed by atoms with Crippen molar-refractivity contribution in [2.45, 2.75) is 77.0 Å². The second-order valence-corrected chi connectivity index (χ2v) is 7.51. The molecule has 0 amide bonds. The van der Waals surface area contributed by atoms with Crippen LogP contribution in [0.3, 0.4) is 0 Å². The highest BCUT2D eigenvalue weighted by atomic mass is 32.1. The monoisotopic (exact) mass is 279 g/mol. The number of aromatic nitrogens is 1. The number of nitrogens with two attached hydrogens (primary N) is 1. The van der Waals surface area contributed by atoms with E-state index in [0.29, 0.717) is 24.2 Å². The second kappa shape index (κ2) is 5.15. The second-order valence-electron chi connectivity index (χ2n) is 6.28. The number of nitrogens with zero attached hydrogens (tertiary/aromatic N) is 2. The lowest BCUT2D eigenvalue weighted by molar-refractivity contribution is 0.000354. The highest BCUT2D eigenvalue weighted by molar-refractivity contribution is 7.11. The normalized spacial score (nSPS) is 33.4. The van der Waals surface area contributed by atoms with Gasteiger partial charge in [0, 0.05) is 29.0 Å². The van der Waals surface area contributed by atoms with E-state index in [2.05, 4.69) is 30.7 Å². The Labute approximate surface area is 120 Å². The number of piperidine rings is 2. The number of hydrogen-bond donors (Lipinski definition) is 1. The van der Waals surface area contributed by atoms with E-state index in [1.54, 1.807) is 0 Å². The first kappa shape index (κ1) is 13.5. The van der Waals surface area contributed by atoms with Crippen LogP contribution in [0.5, 0.6) is 0 Å². The molecule has 106 valence electrons. The molecule has 2 fully saturated rings. The number of rotatable bonds is 2. The molecule has 2 saturated heterocycles. The standard InChI is InChI=1S/C15H25N3S/c1-9-15(19-11(3)17-9)10(2)18-13-5-4-6-14(18)8-12(16)7-13/h10,12-14H,4-8,16H2,1-3H3. The van der Waals surface area contributed by atoms with E-state index >= 15 is 0 Å². The summed E-state index contributed by atoms with van der Waals surface area (Å²) in [5, 5.41) is 1.19. The molecular weight excluding hydrogens is 254 g/mol. The van der Waals surface area contributed by atoms with Crippen LogP contribution in [0.1, 0.15) is 60.6 Å². The van der Waals surface area contributed by atoms with E-state index in [0.717, 1.165) is 0 Å². The molecule has 3 unspecified atom stereocenters. The Bertz CT molecular complexity index is 442. The lowest BCUT2D eigenvalue weighted by Gasteiger charge is -2.50. The molecule has 3 rings (SSSR count). The molecule has 2 N–H and O–H groups in total. The van der Waals surface area contributed by atoms with Crippen molar-refractivity contribution in [3.8, 4) is 0 Å². The summed E-state index contributed by atoms with van der Waals surface area (Å²) in [5.74, 6) is 0.